The van der Waals surface area contributed by atoms with Gasteiger partial charge in [0.05, 0.1) is 11.8 Å². The van der Waals surface area contributed by atoms with E-state index in [0.29, 0.717) is 16.5 Å². The molecule has 3 rings (SSSR count). The molecule has 0 fully saturated rings. The molecule has 1 N–H and O–H groups in total. The minimum absolute atomic E-state index is 0.148. The zero-order chi connectivity index (χ0) is 17.3. The largest absolute Gasteiger partial charge is 0.351 e. The standard InChI is InChI=1S/C18H21N3O2S/c1-4-18(2,3)11-5-6-12-13(10-19)17(24-15(12)9-11)21-16(22)14-7-8-20-23-14/h7-8,11H,4-6,9H2,1-3H3,(H,21,22)/t11-/m0/s1. The summed E-state index contributed by atoms with van der Waals surface area (Å²) in [6.45, 7) is 6.86. The van der Waals surface area contributed by atoms with Crippen LogP contribution in [0.1, 0.15) is 60.2 Å². The van der Waals surface area contributed by atoms with E-state index in [1.807, 2.05) is 0 Å². The van der Waals surface area contributed by atoms with Crippen molar-refractivity contribution in [1.29, 1.82) is 5.26 Å². The van der Waals surface area contributed by atoms with Gasteiger partial charge in [-0.1, -0.05) is 32.3 Å². The molecule has 0 unspecified atom stereocenters. The van der Waals surface area contributed by atoms with E-state index < -0.39 is 0 Å². The Kier molecular flexibility index (Phi) is 4.46. The molecule has 24 heavy (non-hydrogen) atoms. The summed E-state index contributed by atoms with van der Waals surface area (Å²) >= 11 is 1.53. The Balaban J connectivity index is 1.86. The Morgan fingerprint density at radius 1 is 1.58 bits per heavy atom. The lowest BCUT2D eigenvalue weighted by Crippen LogP contribution is -2.28. The highest BCUT2D eigenvalue weighted by atomic mass is 32.1. The SMILES string of the molecule is CCC(C)(C)[C@H]1CCc2c(sc(NC(=O)c3ccno3)c2C#N)C1. The summed E-state index contributed by atoms with van der Waals surface area (Å²) < 4.78 is 4.88. The van der Waals surface area contributed by atoms with E-state index in [4.69, 9.17) is 4.52 Å². The first-order chi connectivity index (χ1) is 11.5. The molecule has 0 bridgehead atoms. The van der Waals surface area contributed by atoms with Crippen molar-refractivity contribution in [3.63, 3.8) is 0 Å². The van der Waals surface area contributed by atoms with Gasteiger partial charge in [-0.25, -0.2) is 0 Å². The topological polar surface area (TPSA) is 78.9 Å². The monoisotopic (exact) mass is 343 g/mol. The normalized spacial score (nSPS) is 17.2. The van der Waals surface area contributed by atoms with Crippen LogP contribution in [-0.4, -0.2) is 11.1 Å². The maximum Gasteiger partial charge on any atom is 0.294 e. The van der Waals surface area contributed by atoms with Gasteiger partial charge in [-0.2, -0.15) is 5.26 Å². The molecule has 1 atom stereocenters. The molecule has 0 saturated carbocycles. The van der Waals surface area contributed by atoms with Crippen LogP contribution in [-0.2, 0) is 12.8 Å². The van der Waals surface area contributed by atoms with Gasteiger partial charge in [0.15, 0.2) is 0 Å². The molecule has 0 radical (unpaired) electrons. The maximum atomic E-state index is 12.2. The van der Waals surface area contributed by atoms with Gasteiger partial charge in [-0.15, -0.1) is 11.3 Å². The summed E-state index contributed by atoms with van der Waals surface area (Å²) in [6.07, 6.45) is 5.54. The van der Waals surface area contributed by atoms with Crippen molar-refractivity contribution < 1.29 is 9.32 Å². The summed E-state index contributed by atoms with van der Waals surface area (Å²) in [5.74, 6) is 0.390. The number of anilines is 1. The molecule has 2 aromatic heterocycles. The Morgan fingerprint density at radius 3 is 3.00 bits per heavy atom. The third kappa shape index (κ3) is 2.96. The maximum absolute atomic E-state index is 12.2. The van der Waals surface area contributed by atoms with Crippen molar-refractivity contribution in [2.45, 2.75) is 46.5 Å². The van der Waals surface area contributed by atoms with Gasteiger partial charge < -0.3 is 9.84 Å². The summed E-state index contributed by atoms with van der Waals surface area (Å²) in [7, 11) is 0. The minimum Gasteiger partial charge on any atom is -0.351 e. The average molecular weight is 343 g/mol. The first kappa shape index (κ1) is 16.7. The molecule has 1 amide bonds. The second-order valence-electron chi connectivity index (χ2n) is 6.93. The fourth-order valence-electron chi connectivity index (χ4n) is 3.25. The molecule has 2 aromatic rings. The highest BCUT2D eigenvalue weighted by Crippen LogP contribution is 2.45. The van der Waals surface area contributed by atoms with E-state index >= 15 is 0 Å². The first-order valence-corrected chi connectivity index (χ1v) is 9.04. The summed E-state index contributed by atoms with van der Waals surface area (Å²) in [6, 6.07) is 3.78. The van der Waals surface area contributed by atoms with Gasteiger partial charge in [0.1, 0.15) is 11.1 Å². The van der Waals surface area contributed by atoms with Crippen molar-refractivity contribution in [3.05, 3.63) is 34.0 Å². The number of thiophene rings is 1. The van der Waals surface area contributed by atoms with Gasteiger partial charge in [0.2, 0.25) is 5.76 Å². The van der Waals surface area contributed by atoms with E-state index in [1.165, 1.54) is 28.5 Å². The fourth-order valence-corrected chi connectivity index (χ4v) is 4.52. The fraction of sp³-hybridized carbons (Fsp3) is 0.500. The highest BCUT2D eigenvalue weighted by Gasteiger charge is 2.34. The number of aromatic nitrogens is 1. The van der Waals surface area contributed by atoms with Crippen LogP contribution in [0.25, 0.3) is 0 Å². The number of amides is 1. The Morgan fingerprint density at radius 2 is 2.38 bits per heavy atom. The molecular weight excluding hydrogens is 322 g/mol. The van der Waals surface area contributed by atoms with Gasteiger partial charge in [-0.3, -0.25) is 4.79 Å². The van der Waals surface area contributed by atoms with E-state index in [-0.39, 0.29) is 17.1 Å². The summed E-state index contributed by atoms with van der Waals surface area (Å²) in [4.78, 5) is 13.4. The van der Waals surface area contributed by atoms with Crippen LogP contribution in [0.3, 0.4) is 0 Å². The zero-order valence-corrected chi connectivity index (χ0v) is 15.0. The van der Waals surface area contributed by atoms with Crippen LogP contribution >= 0.6 is 11.3 Å². The van der Waals surface area contributed by atoms with E-state index in [2.05, 4.69) is 37.3 Å². The third-order valence-corrected chi connectivity index (χ3v) is 6.45. The van der Waals surface area contributed by atoms with Crippen LogP contribution in [0.15, 0.2) is 16.8 Å². The van der Waals surface area contributed by atoms with E-state index in [0.717, 1.165) is 31.2 Å². The van der Waals surface area contributed by atoms with Crippen molar-refractivity contribution in [2.75, 3.05) is 5.32 Å². The van der Waals surface area contributed by atoms with Crippen LogP contribution in [0.2, 0.25) is 0 Å². The molecular formula is C18H21N3O2S. The molecule has 0 aliphatic heterocycles. The van der Waals surface area contributed by atoms with E-state index in [1.54, 1.807) is 0 Å². The molecule has 6 heteroatoms. The lowest BCUT2D eigenvalue weighted by atomic mass is 9.69. The van der Waals surface area contributed by atoms with Crippen molar-refractivity contribution in [1.82, 2.24) is 5.16 Å². The second kappa shape index (κ2) is 6.40. The molecule has 5 nitrogen and oxygen atoms in total. The number of carbonyl (C=O) groups excluding carboxylic acids is 1. The first-order valence-electron chi connectivity index (χ1n) is 8.23. The Labute approximate surface area is 145 Å². The number of nitrogens with zero attached hydrogens (tertiary/aromatic N) is 2. The predicted molar refractivity (Wildman–Crippen MR) is 93.1 cm³/mol. The number of nitriles is 1. The summed E-state index contributed by atoms with van der Waals surface area (Å²) in [5, 5.41) is 16.5. The van der Waals surface area contributed by atoms with Crippen LogP contribution < -0.4 is 5.32 Å². The van der Waals surface area contributed by atoms with Gasteiger partial charge in [0.25, 0.3) is 5.91 Å². The minimum atomic E-state index is -0.368. The number of rotatable bonds is 4. The molecule has 2 heterocycles. The van der Waals surface area contributed by atoms with Crippen molar-refractivity contribution in [2.24, 2.45) is 11.3 Å². The van der Waals surface area contributed by atoms with Crippen molar-refractivity contribution >= 4 is 22.2 Å². The number of fused-ring (bicyclic) bond motifs is 1. The lowest BCUT2D eigenvalue weighted by molar-refractivity contribution is 0.0988. The Bertz CT molecular complexity index is 784. The molecule has 0 aromatic carbocycles. The smallest absolute Gasteiger partial charge is 0.294 e. The van der Waals surface area contributed by atoms with Crippen LogP contribution in [0, 0.1) is 22.7 Å². The second-order valence-corrected chi connectivity index (χ2v) is 8.04. The molecule has 0 spiro atoms. The molecule has 0 saturated heterocycles. The quantitative estimate of drug-likeness (QED) is 0.892. The van der Waals surface area contributed by atoms with Crippen molar-refractivity contribution in [3.8, 4) is 6.07 Å². The van der Waals surface area contributed by atoms with Gasteiger partial charge >= 0.3 is 0 Å². The zero-order valence-electron chi connectivity index (χ0n) is 14.2. The number of carbonyl (C=O) groups is 1. The summed E-state index contributed by atoms with van der Waals surface area (Å²) in [5.41, 5.74) is 2.01. The van der Waals surface area contributed by atoms with E-state index in [9.17, 15) is 10.1 Å². The molecule has 126 valence electrons. The van der Waals surface area contributed by atoms with Crippen LogP contribution in [0.4, 0.5) is 5.00 Å². The molecule has 1 aliphatic carbocycles. The number of nitrogens with one attached hydrogen (secondary N) is 1. The predicted octanol–water partition coefficient (Wildman–Crippen LogP) is 4.40. The number of hydrogen-bond acceptors (Lipinski definition) is 5. The van der Waals surface area contributed by atoms with Gasteiger partial charge in [0, 0.05) is 10.9 Å². The van der Waals surface area contributed by atoms with Crippen LogP contribution in [0.5, 0.6) is 0 Å². The van der Waals surface area contributed by atoms with Gasteiger partial charge in [-0.05, 0) is 36.2 Å². The lowest BCUT2D eigenvalue weighted by Gasteiger charge is -2.36. The number of hydrogen-bond donors (Lipinski definition) is 1. The third-order valence-electron chi connectivity index (χ3n) is 5.28. The Hall–Kier alpha value is -2.13. The average Bonchev–Trinajstić information content (AvgIpc) is 3.21. The highest BCUT2D eigenvalue weighted by molar-refractivity contribution is 7.16. The molecule has 1 aliphatic rings.